The first-order valence-corrected chi connectivity index (χ1v) is 11.8. The molecule has 2 aromatic rings. The van der Waals surface area contributed by atoms with Crippen LogP contribution in [0.4, 0.5) is 0 Å². The molecular formula is C18H28N4O3Si. The molecule has 2 atom stereocenters. The van der Waals surface area contributed by atoms with Gasteiger partial charge in [0, 0.05) is 6.42 Å². The van der Waals surface area contributed by atoms with Crippen LogP contribution in [0.2, 0.25) is 18.1 Å². The Morgan fingerprint density at radius 1 is 1.46 bits per heavy atom. The lowest BCUT2D eigenvalue weighted by Crippen LogP contribution is -2.42. The van der Waals surface area contributed by atoms with Crippen molar-refractivity contribution in [3.05, 3.63) is 34.7 Å². The SMILES string of the molecule is C=C1C[C@@H](n2cnc3c(=O)[nH]c(C)nc32)O[C@H]1CO[Si](C)(C)C(C)(C)C. The maximum absolute atomic E-state index is 12.0. The van der Waals surface area contributed by atoms with E-state index >= 15 is 0 Å². The highest BCUT2D eigenvalue weighted by Gasteiger charge is 2.39. The van der Waals surface area contributed by atoms with E-state index in [4.69, 9.17) is 9.16 Å². The standard InChI is InChI=1S/C18H28N4O3Si/c1-11-8-14(25-13(11)9-24-26(6,7)18(3,4)5)22-10-19-15-16(22)20-12(2)21-17(15)23/h10,13-14H,1,8-9H2,2-7H3,(H,20,21,23)/t13-,14-/m0/s1. The molecule has 0 amide bonds. The molecule has 0 aliphatic carbocycles. The maximum atomic E-state index is 12.0. The van der Waals surface area contributed by atoms with Crippen LogP contribution in [0.3, 0.4) is 0 Å². The number of aromatic nitrogens is 4. The first kappa shape index (κ1) is 19.0. The van der Waals surface area contributed by atoms with Gasteiger partial charge < -0.3 is 14.1 Å². The molecule has 2 aromatic heterocycles. The largest absolute Gasteiger partial charge is 0.414 e. The Hall–Kier alpha value is -1.77. The van der Waals surface area contributed by atoms with Crippen LogP contribution in [0, 0.1) is 6.92 Å². The molecule has 0 radical (unpaired) electrons. The highest BCUT2D eigenvalue weighted by Crippen LogP contribution is 2.38. The molecule has 0 unspecified atom stereocenters. The minimum atomic E-state index is -1.85. The quantitative estimate of drug-likeness (QED) is 0.654. The summed E-state index contributed by atoms with van der Waals surface area (Å²) in [7, 11) is -1.85. The van der Waals surface area contributed by atoms with Crippen molar-refractivity contribution in [1.82, 2.24) is 19.5 Å². The lowest BCUT2D eigenvalue weighted by molar-refractivity contribution is -0.0122. The summed E-state index contributed by atoms with van der Waals surface area (Å²) >= 11 is 0. The average Bonchev–Trinajstić information content (AvgIpc) is 3.07. The Labute approximate surface area is 154 Å². The van der Waals surface area contributed by atoms with Crippen molar-refractivity contribution in [3.63, 3.8) is 0 Å². The van der Waals surface area contributed by atoms with Crippen LogP contribution in [0.25, 0.3) is 11.2 Å². The zero-order chi connectivity index (χ0) is 19.3. The maximum Gasteiger partial charge on any atom is 0.279 e. The number of aryl methyl sites for hydroxylation is 1. The van der Waals surface area contributed by atoms with Gasteiger partial charge in [0.05, 0.1) is 12.9 Å². The van der Waals surface area contributed by atoms with Crippen LogP contribution in [-0.4, -0.2) is 40.5 Å². The molecule has 0 bridgehead atoms. The molecule has 1 aliphatic rings. The highest BCUT2D eigenvalue weighted by atomic mass is 28.4. The average molecular weight is 377 g/mol. The molecule has 7 nitrogen and oxygen atoms in total. The minimum Gasteiger partial charge on any atom is -0.414 e. The Kier molecular flexibility index (Phi) is 4.70. The zero-order valence-electron chi connectivity index (χ0n) is 16.4. The summed E-state index contributed by atoms with van der Waals surface area (Å²) in [5.74, 6) is 0.555. The second kappa shape index (κ2) is 6.44. The van der Waals surface area contributed by atoms with Crippen molar-refractivity contribution in [2.75, 3.05) is 6.61 Å². The molecular weight excluding hydrogens is 348 g/mol. The molecule has 3 heterocycles. The number of imidazole rings is 1. The normalized spacial score (nSPS) is 21.7. The summed E-state index contributed by atoms with van der Waals surface area (Å²) < 4.78 is 14.3. The smallest absolute Gasteiger partial charge is 0.279 e. The summed E-state index contributed by atoms with van der Waals surface area (Å²) in [6.45, 7) is 17.5. The van der Waals surface area contributed by atoms with Crippen molar-refractivity contribution in [2.24, 2.45) is 0 Å². The van der Waals surface area contributed by atoms with Crippen LogP contribution in [-0.2, 0) is 9.16 Å². The molecule has 0 saturated carbocycles. The van der Waals surface area contributed by atoms with Gasteiger partial charge in [-0.3, -0.25) is 9.36 Å². The molecule has 142 valence electrons. The molecule has 3 rings (SSSR count). The lowest BCUT2D eigenvalue weighted by Gasteiger charge is -2.36. The Bertz CT molecular complexity index is 894. The summed E-state index contributed by atoms with van der Waals surface area (Å²) in [5, 5.41) is 0.148. The number of nitrogens with zero attached hydrogens (tertiary/aromatic N) is 3. The number of aromatic amines is 1. The van der Waals surface area contributed by atoms with E-state index in [0.717, 1.165) is 5.57 Å². The number of hydrogen-bond donors (Lipinski definition) is 1. The molecule has 1 fully saturated rings. The minimum absolute atomic E-state index is 0.148. The van der Waals surface area contributed by atoms with Gasteiger partial charge in [-0.05, 0) is 30.6 Å². The van der Waals surface area contributed by atoms with Gasteiger partial charge in [0.2, 0.25) is 0 Å². The summed E-state index contributed by atoms with van der Waals surface area (Å²) in [6, 6.07) is 0. The predicted molar refractivity (Wildman–Crippen MR) is 104 cm³/mol. The van der Waals surface area contributed by atoms with Crippen LogP contribution in [0.5, 0.6) is 0 Å². The second-order valence-electron chi connectivity index (χ2n) is 8.49. The van der Waals surface area contributed by atoms with Gasteiger partial charge in [-0.1, -0.05) is 27.4 Å². The van der Waals surface area contributed by atoms with Crippen molar-refractivity contribution in [2.45, 2.75) is 64.6 Å². The Morgan fingerprint density at radius 3 is 2.81 bits per heavy atom. The molecule has 0 aromatic carbocycles. The van der Waals surface area contributed by atoms with Gasteiger partial charge in [-0.25, -0.2) is 9.97 Å². The lowest BCUT2D eigenvalue weighted by atomic mass is 10.1. The first-order valence-electron chi connectivity index (χ1n) is 8.90. The number of rotatable bonds is 4. The van der Waals surface area contributed by atoms with E-state index < -0.39 is 8.32 Å². The van der Waals surface area contributed by atoms with Gasteiger partial charge >= 0.3 is 0 Å². The highest BCUT2D eigenvalue weighted by molar-refractivity contribution is 6.74. The van der Waals surface area contributed by atoms with E-state index in [1.165, 1.54) is 0 Å². The fourth-order valence-electron chi connectivity index (χ4n) is 2.76. The van der Waals surface area contributed by atoms with Crippen LogP contribution < -0.4 is 5.56 Å². The third-order valence-corrected chi connectivity index (χ3v) is 9.98. The topological polar surface area (TPSA) is 82.0 Å². The van der Waals surface area contributed by atoms with E-state index in [1.807, 2.05) is 4.57 Å². The molecule has 1 saturated heterocycles. The summed E-state index contributed by atoms with van der Waals surface area (Å²) in [6.07, 6.45) is 1.84. The van der Waals surface area contributed by atoms with Gasteiger partial charge in [-0.15, -0.1) is 0 Å². The van der Waals surface area contributed by atoms with Crippen LogP contribution in [0.15, 0.2) is 23.3 Å². The van der Waals surface area contributed by atoms with Crippen LogP contribution >= 0.6 is 0 Å². The van der Waals surface area contributed by atoms with E-state index in [0.29, 0.717) is 30.0 Å². The number of hydrogen-bond acceptors (Lipinski definition) is 5. The molecule has 26 heavy (non-hydrogen) atoms. The fraction of sp³-hybridized carbons (Fsp3) is 0.611. The van der Waals surface area contributed by atoms with Crippen molar-refractivity contribution >= 4 is 19.5 Å². The predicted octanol–water partition coefficient (Wildman–Crippen LogP) is 3.29. The number of fused-ring (bicyclic) bond motifs is 1. The fourth-order valence-corrected chi connectivity index (χ4v) is 3.76. The second-order valence-corrected chi connectivity index (χ2v) is 13.3. The molecule has 1 N–H and O–H groups in total. The molecule has 1 aliphatic heterocycles. The van der Waals surface area contributed by atoms with Crippen molar-refractivity contribution in [1.29, 1.82) is 0 Å². The molecule has 0 spiro atoms. The van der Waals surface area contributed by atoms with Gasteiger partial charge in [0.1, 0.15) is 18.2 Å². The zero-order valence-corrected chi connectivity index (χ0v) is 17.4. The number of H-pyrrole nitrogens is 1. The third kappa shape index (κ3) is 3.41. The van der Waals surface area contributed by atoms with E-state index in [1.54, 1.807) is 13.3 Å². The van der Waals surface area contributed by atoms with E-state index in [2.05, 4.69) is 55.4 Å². The summed E-state index contributed by atoms with van der Waals surface area (Å²) in [5.41, 5.74) is 1.62. The van der Waals surface area contributed by atoms with Crippen molar-refractivity contribution < 1.29 is 9.16 Å². The molecule has 8 heteroatoms. The number of nitrogens with one attached hydrogen (secondary N) is 1. The third-order valence-electron chi connectivity index (χ3n) is 5.48. The van der Waals surface area contributed by atoms with E-state index in [9.17, 15) is 4.79 Å². The van der Waals surface area contributed by atoms with E-state index in [-0.39, 0.29) is 22.9 Å². The summed E-state index contributed by atoms with van der Waals surface area (Å²) in [4.78, 5) is 23.3. The first-order chi connectivity index (χ1) is 12.0. The van der Waals surface area contributed by atoms with Gasteiger partial charge in [-0.2, -0.15) is 0 Å². The van der Waals surface area contributed by atoms with Gasteiger partial charge in [0.15, 0.2) is 19.5 Å². The number of ether oxygens (including phenoxy) is 1. The van der Waals surface area contributed by atoms with Gasteiger partial charge in [0.25, 0.3) is 5.56 Å². The van der Waals surface area contributed by atoms with Crippen LogP contribution in [0.1, 0.15) is 39.2 Å². The van der Waals surface area contributed by atoms with Crippen molar-refractivity contribution in [3.8, 4) is 0 Å². The Morgan fingerprint density at radius 2 is 2.15 bits per heavy atom. The monoisotopic (exact) mass is 376 g/mol. The Balaban J connectivity index is 1.78.